The van der Waals surface area contributed by atoms with E-state index in [0.717, 1.165) is 16.6 Å². The van der Waals surface area contributed by atoms with Crippen LogP contribution in [0.2, 0.25) is 0 Å². The third-order valence-corrected chi connectivity index (χ3v) is 5.66. The number of amides is 2. The monoisotopic (exact) mass is 419 g/mol. The predicted molar refractivity (Wildman–Crippen MR) is 118 cm³/mol. The number of aromatic nitrogens is 1. The number of urea groups is 1. The van der Waals surface area contributed by atoms with Gasteiger partial charge in [-0.3, -0.25) is 9.59 Å². The summed E-state index contributed by atoms with van der Waals surface area (Å²) in [5, 5.41) is 3.67. The SMILES string of the molecule is C[C@H](OC(=O)C1CCN(C(=O)Nc2ccccc2)CC1)C(=O)c1c[nH]c2ccccc12. The lowest BCUT2D eigenvalue weighted by atomic mass is 9.97. The van der Waals surface area contributed by atoms with Crippen molar-refractivity contribution in [2.45, 2.75) is 25.9 Å². The number of hydrogen-bond donors (Lipinski definition) is 2. The lowest BCUT2D eigenvalue weighted by Crippen LogP contribution is -2.43. The minimum absolute atomic E-state index is 0.180. The molecule has 0 aliphatic carbocycles. The van der Waals surface area contributed by atoms with Crippen LogP contribution in [0.3, 0.4) is 0 Å². The Morgan fingerprint density at radius 2 is 1.71 bits per heavy atom. The van der Waals surface area contributed by atoms with Crippen LogP contribution >= 0.6 is 0 Å². The Balaban J connectivity index is 1.29. The van der Waals surface area contributed by atoms with Crippen molar-refractivity contribution in [3.63, 3.8) is 0 Å². The topological polar surface area (TPSA) is 91.5 Å². The number of fused-ring (bicyclic) bond motifs is 1. The first-order valence-electron chi connectivity index (χ1n) is 10.4. The lowest BCUT2D eigenvalue weighted by molar-refractivity contribution is -0.152. The summed E-state index contributed by atoms with van der Waals surface area (Å²) in [4.78, 5) is 42.6. The van der Waals surface area contributed by atoms with Crippen molar-refractivity contribution >= 4 is 34.4 Å². The number of nitrogens with one attached hydrogen (secondary N) is 2. The highest BCUT2D eigenvalue weighted by molar-refractivity contribution is 6.10. The second kappa shape index (κ2) is 9.04. The molecule has 0 radical (unpaired) electrons. The second-order valence-corrected chi connectivity index (χ2v) is 7.75. The zero-order valence-electron chi connectivity index (χ0n) is 17.3. The smallest absolute Gasteiger partial charge is 0.321 e. The molecule has 1 aliphatic heterocycles. The Bertz CT molecular complexity index is 1080. The summed E-state index contributed by atoms with van der Waals surface area (Å²) < 4.78 is 5.49. The molecule has 0 saturated carbocycles. The number of anilines is 1. The minimum atomic E-state index is -0.869. The fourth-order valence-corrected chi connectivity index (χ4v) is 3.86. The van der Waals surface area contributed by atoms with Gasteiger partial charge in [0.1, 0.15) is 0 Å². The number of carbonyl (C=O) groups is 3. The lowest BCUT2D eigenvalue weighted by Gasteiger charge is -2.31. The number of aromatic amines is 1. The molecule has 1 fully saturated rings. The molecular formula is C24H25N3O4. The highest BCUT2D eigenvalue weighted by atomic mass is 16.5. The molecule has 7 nitrogen and oxygen atoms in total. The predicted octanol–water partition coefficient (Wildman–Crippen LogP) is 4.23. The number of carbonyl (C=O) groups excluding carboxylic acids is 3. The third-order valence-electron chi connectivity index (χ3n) is 5.66. The standard InChI is InChI=1S/C24H25N3O4/c1-16(22(28)20-15-25-21-10-6-5-9-19(20)21)31-23(29)17-11-13-27(14-12-17)24(30)26-18-7-3-2-4-8-18/h2-10,15-17,25H,11-14H2,1H3,(H,26,30)/t16-/m0/s1. The molecule has 2 N–H and O–H groups in total. The van der Waals surface area contributed by atoms with Gasteiger partial charge in [-0.05, 0) is 38.0 Å². The van der Waals surface area contributed by atoms with Crippen molar-refractivity contribution < 1.29 is 19.1 Å². The van der Waals surface area contributed by atoms with Gasteiger partial charge in [0, 0.05) is 41.4 Å². The quantitative estimate of drug-likeness (QED) is 0.478. The maximum absolute atomic E-state index is 12.8. The number of para-hydroxylation sites is 2. The second-order valence-electron chi connectivity index (χ2n) is 7.75. The summed E-state index contributed by atoms with van der Waals surface area (Å²) in [5.41, 5.74) is 2.12. The summed E-state index contributed by atoms with van der Waals surface area (Å²) >= 11 is 0. The van der Waals surface area contributed by atoms with Crippen LogP contribution in [0.15, 0.2) is 60.8 Å². The first-order valence-corrected chi connectivity index (χ1v) is 10.4. The average Bonchev–Trinajstić information content (AvgIpc) is 3.23. The number of nitrogens with zero attached hydrogens (tertiary/aromatic N) is 1. The maximum atomic E-state index is 12.8. The molecule has 0 bridgehead atoms. The van der Waals surface area contributed by atoms with Gasteiger partial charge in [-0.2, -0.15) is 0 Å². The van der Waals surface area contributed by atoms with E-state index in [1.54, 1.807) is 18.0 Å². The van der Waals surface area contributed by atoms with Crippen LogP contribution in [0.5, 0.6) is 0 Å². The number of hydrogen-bond acceptors (Lipinski definition) is 4. The fraction of sp³-hybridized carbons (Fsp3) is 0.292. The number of Topliss-reactive ketones (excluding diaryl/α,β-unsaturated/α-hetero) is 1. The molecule has 160 valence electrons. The van der Waals surface area contributed by atoms with E-state index < -0.39 is 6.10 Å². The molecule has 1 aromatic heterocycles. The molecule has 1 aliphatic rings. The largest absolute Gasteiger partial charge is 0.454 e. The third kappa shape index (κ3) is 4.60. The minimum Gasteiger partial charge on any atom is -0.454 e. The van der Waals surface area contributed by atoms with Crippen LogP contribution in [0.1, 0.15) is 30.1 Å². The number of piperidine rings is 1. The number of esters is 1. The molecule has 2 aromatic carbocycles. The summed E-state index contributed by atoms with van der Waals surface area (Å²) in [5.74, 6) is -0.937. The van der Waals surface area contributed by atoms with Crippen molar-refractivity contribution in [2.24, 2.45) is 5.92 Å². The van der Waals surface area contributed by atoms with Gasteiger partial charge in [0.05, 0.1) is 5.92 Å². The van der Waals surface area contributed by atoms with Gasteiger partial charge in [0.15, 0.2) is 6.10 Å². The Kier molecular flexibility index (Phi) is 6.02. The Labute approximate surface area is 180 Å². The Morgan fingerprint density at radius 1 is 1.03 bits per heavy atom. The van der Waals surface area contributed by atoms with Crippen LogP contribution in [-0.2, 0) is 9.53 Å². The van der Waals surface area contributed by atoms with Gasteiger partial charge in [0.25, 0.3) is 0 Å². The zero-order chi connectivity index (χ0) is 21.8. The molecule has 1 saturated heterocycles. The first-order chi connectivity index (χ1) is 15.0. The van der Waals surface area contributed by atoms with E-state index in [0.29, 0.717) is 31.5 Å². The molecular weight excluding hydrogens is 394 g/mol. The van der Waals surface area contributed by atoms with Crippen molar-refractivity contribution in [1.29, 1.82) is 0 Å². The molecule has 2 heterocycles. The van der Waals surface area contributed by atoms with Crippen LogP contribution in [0.25, 0.3) is 10.9 Å². The van der Waals surface area contributed by atoms with Gasteiger partial charge in [-0.25, -0.2) is 4.79 Å². The van der Waals surface area contributed by atoms with Gasteiger partial charge in [-0.15, -0.1) is 0 Å². The number of ketones is 1. The van der Waals surface area contributed by atoms with E-state index in [-0.39, 0.29) is 23.7 Å². The van der Waals surface area contributed by atoms with E-state index >= 15 is 0 Å². The molecule has 2 amide bonds. The number of H-pyrrole nitrogens is 1. The number of likely N-dealkylation sites (tertiary alicyclic amines) is 1. The van der Waals surface area contributed by atoms with E-state index in [1.807, 2.05) is 54.6 Å². The van der Waals surface area contributed by atoms with Gasteiger partial charge in [0.2, 0.25) is 5.78 Å². The van der Waals surface area contributed by atoms with E-state index in [9.17, 15) is 14.4 Å². The van der Waals surface area contributed by atoms with Crippen LogP contribution in [0.4, 0.5) is 10.5 Å². The fourth-order valence-electron chi connectivity index (χ4n) is 3.86. The van der Waals surface area contributed by atoms with Crippen LogP contribution in [-0.4, -0.2) is 46.9 Å². The van der Waals surface area contributed by atoms with Crippen LogP contribution in [0, 0.1) is 5.92 Å². The molecule has 1 atom stereocenters. The highest BCUT2D eigenvalue weighted by Gasteiger charge is 2.31. The maximum Gasteiger partial charge on any atom is 0.321 e. The zero-order valence-corrected chi connectivity index (χ0v) is 17.3. The number of benzene rings is 2. The summed E-state index contributed by atoms with van der Waals surface area (Å²) in [6, 6.07) is 16.6. The first kappa shape index (κ1) is 20.7. The van der Waals surface area contributed by atoms with Crippen molar-refractivity contribution in [3.8, 4) is 0 Å². The molecule has 31 heavy (non-hydrogen) atoms. The normalized spacial score (nSPS) is 15.5. The molecule has 7 heteroatoms. The highest BCUT2D eigenvalue weighted by Crippen LogP contribution is 2.23. The van der Waals surface area contributed by atoms with Gasteiger partial charge >= 0.3 is 12.0 Å². The van der Waals surface area contributed by atoms with Gasteiger partial charge in [-0.1, -0.05) is 36.4 Å². The van der Waals surface area contributed by atoms with E-state index in [2.05, 4.69) is 10.3 Å². The summed E-state index contributed by atoms with van der Waals surface area (Å²) in [6.45, 7) is 2.52. The summed E-state index contributed by atoms with van der Waals surface area (Å²) in [6.07, 6.45) is 1.80. The molecule has 3 aromatic rings. The van der Waals surface area contributed by atoms with Gasteiger partial charge < -0.3 is 19.9 Å². The number of rotatable bonds is 5. The van der Waals surface area contributed by atoms with Crippen molar-refractivity contribution in [2.75, 3.05) is 18.4 Å². The van der Waals surface area contributed by atoms with Crippen molar-refractivity contribution in [3.05, 3.63) is 66.4 Å². The molecule has 4 rings (SSSR count). The molecule has 0 unspecified atom stereocenters. The average molecular weight is 419 g/mol. The summed E-state index contributed by atoms with van der Waals surface area (Å²) in [7, 11) is 0. The number of ether oxygens (including phenoxy) is 1. The van der Waals surface area contributed by atoms with Crippen LogP contribution < -0.4 is 5.32 Å². The Hall–Kier alpha value is -3.61. The van der Waals surface area contributed by atoms with E-state index in [1.165, 1.54) is 0 Å². The van der Waals surface area contributed by atoms with E-state index in [4.69, 9.17) is 4.74 Å². The Morgan fingerprint density at radius 3 is 2.45 bits per heavy atom. The van der Waals surface area contributed by atoms with Crippen molar-refractivity contribution in [1.82, 2.24) is 9.88 Å². The molecule has 0 spiro atoms.